The van der Waals surface area contributed by atoms with Gasteiger partial charge in [-0.05, 0) is 35.7 Å². The Morgan fingerprint density at radius 1 is 1.02 bits per heavy atom. The summed E-state index contributed by atoms with van der Waals surface area (Å²) in [6.07, 6.45) is 6.76. The Hall–Kier alpha value is -4.60. The Labute approximate surface area is 250 Å². The lowest BCUT2D eigenvalue weighted by Gasteiger charge is -2.32. The number of hydrogen-bond acceptors (Lipinski definition) is 6. The second kappa shape index (κ2) is 11.9. The highest BCUT2D eigenvalue weighted by Crippen LogP contribution is 2.47. The Balaban J connectivity index is 1.19. The van der Waals surface area contributed by atoms with Crippen molar-refractivity contribution in [2.24, 2.45) is 5.92 Å². The first-order chi connectivity index (χ1) is 20.9. The number of aliphatic hydroxyl groups is 2. The van der Waals surface area contributed by atoms with Crippen LogP contribution < -0.4 is 9.80 Å². The summed E-state index contributed by atoms with van der Waals surface area (Å²) in [5, 5.41) is 30.6. The molecule has 0 radical (unpaired) electrons. The molecule has 3 heterocycles. The average Bonchev–Trinajstić information content (AvgIpc) is 3.57. The lowest BCUT2D eigenvalue weighted by Crippen LogP contribution is -2.44. The van der Waals surface area contributed by atoms with Crippen LogP contribution in [0.5, 0.6) is 0 Å². The molecule has 3 atom stereocenters. The first-order valence-corrected chi connectivity index (χ1v) is 14.7. The molecule has 0 saturated carbocycles. The van der Waals surface area contributed by atoms with Gasteiger partial charge < -0.3 is 20.0 Å². The van der Waals surface area contributed by atoms with Gasteiger partial charge in [0.25, 0.3) is 5.91 Å². The van der Waals surface area contributed by atoms with Gasteiger partial charge >= 0.3 is 0 Å². The topological polar surface area (TPSA) is 112 Å². The van der Waals surface area contributed by atoms with E-state index in [2.05, 4.69) is 10.3 Å². The van der Waals surface area contributed by atoms with Crippen LogP contribution in [0.4, 0.5) is 11.4 Å². The minimum Gasteiger partial charge on any atom is -0.395 e. The summed E-state index contributed by atoms with van der Waals surface area (Å²) in [4.78, 5) is 29.4. The minimum atomic E-state index is -1.78. The quantitative estimate of drug-likeness (QED) is 0.205. The molecule has 2 aliphatic rings. The van der Waals surface area contributed by atoms with Crippen molar-refractivity contribution >= 4 is 23.2 Å². The molecule has 2 N–H and O–H groups in total. The van der Waals surface area contributed by atoms with Gasteiger partial charge in [0.15, 0.2) is 5.60 Å². The van der Waals surface area contributed by atoms with Crippen LogP contribution in [0.1, 0.15) is 48.1 Å². The number of fused-ring (bicyclic) bond motifs is 1. The van der Waals surface area contributed by atoms with E-state index in [1.165, 1.54) is 0 Å². The number of aromatic nitrogens is 3. The maximum atomic E-state index is 13.9. The smallest absolute Gasteiger partial charge is 0.264 e. The van der Waals surface area contributed by atoms with Crippen molar-refractivity contribution in [3.8, 4) is 0 Å². The first kappa shape index (κ1) is 28.5. The maximum absolute atomic E-state index is 13.9. The molecule has 1 unspecified atom stereocenters. The molecule has 9 heteroatoms. The zero-order chi connectivity index (χ0) is 30.0. The molecule has 0 bridgehead atoms. The lowest BCUT2D eigenvalue weighted by atomic mass is 9.82. The predicted octanol–water partition coefficient (Wildman–Crippen LogP) is 4.16. The van der Waals surface area contributed by atoms with Crippen molar-refractivity contribution in [3.05, 3.63) is 120 Å². The van der Waals surface area contributed by atoms with E-state index in [0.29, 0.717) is 55.1 Å². The third kappa shape index (κ3) is 5.37. The lowest BCUT2D eigenvalue weighted by molar-refractivity contribution is -0.139. The summed E-state index contributed by atoms with van der Waals surface area (Å²) in [6, 6.07) is 24.9. The van der Waals surface area contributed by atoms with E-state index in [9.17, 15) is 19.8 Å². The van der Waals surface area contributed by atoms with Gasteiger partial charge in [-0.2, -0.15) is 0 Å². The number of amides is 2. The number of nitrogens with zero attached hydrogens (tertiary/aromatic N) is 5. The normalized spacial score (nSPS) is 19.5. The molecule has 43 heavy (non-hydrogen) atoms. The molecule has 6 rings (SSSR count). The van der Waals surface area contributed by atoms with E-state index in [4.69, 9.17) is 0 Å². The van der Waals surface area contributed by atoms with E-state index >= 15 is 0 Å². The first-order valence-electron chi connectivity index (χ1n) is 14.7. The van der Waals surface area contributed by atoms with E-state index in [0.717, 1.165) is 11.1 Å². The SMILES string of the molecule is C[C@H](/C=C/CCn1cc(C(CO)c2ccccc2)nn1)[C@@]1(O)C(=O)N(Cc2ccccc2)c2ccc(N3CCC3=O)cc21. The molecule has 2 amide bonds. The molecule has 9 nitrogen and oxygen atoms in total. The van der Waals surface area contributed by atoms with E-state index in [1.54, 1.807) is 20.5 Å². The fourth-order valence-corrected chi connectivity index (χ4v) is 5.90. The maximum Gasteiger partial charge on any atom is 0.264 e. The third-order valence-electron chi connectivity index (χ3n) is 8.50. The van der Waals surface area contributed by atoms with Gasteiger partial charge in [0.2, 0.25) is 5.91 Å². The number of carbonyl (C=O) groups excluding carboxylic acids is 2. The van der Waals surface area contributed by atoms with Crippen LogP contribution in [-0.4, -0.2) is 50.2 Å². The van der Waals surface area contributed by atoms with Crippen molar-refractivity contribution in [2.75, 3.05) is 23.0 Å². The Bertz CT molecular complexity index is 1640. The zero-order valence-corrected chi connectivity index (χ0v) is 24.1. The molecule has 3 aromatic carbocycles. The molecule has 220 valence electrons. The summed E-state index contributed by atoms with van der Waals surface area (Å²) in [6.45, 7) is 3.28. The van der Waals surface area contributed by atoms with E-state index < -0.39 is 11.5 Å². The molecule has 1 saturated heterocycles. The van der Waals surface area contributed by atoms with Crippen LogP contribution >= 0.6 is 0 Å². The van der Waals surface area contributed by atoms with Crippen molar-refractivity contribution < 1.29 is 19.8 Å². The molecule has 4 aromatic rings. The Morgan fingerprint density at radius 2 is 1.77 bits per heavy atom. The Kier molecular flexibility index (Phi) is 7.92. The van der Waals surface area contributed by atoms with Gasteiger partial charge in [0.1, 0.15) is 0 Å². The van der Waals surface area contributed by atoms with Crippen LogP contribution in [0.25, 0.3) is 0 Å². The second-order valence-electron chi connectivity index (χ2n) is 11.2. The van der Waals surface area contributed by atoms with Gasteiger partial charge in [-0.15, -0.1) is 5.10 Å². The van der Waals surface area contributed by atoms with Crippen molar-refractivity contribution in [1.82, 2.24) is 15.0 Å². The summed E-state index contributed by atoms with van der Waals surface area (Å²) < 4.78 is 1.73. The van der Waals surface area contributed by atoms with Crippen LogP contribution in [0.15, 0.2) is 97.2 Å². The number of rotatable bonds is 11. The molecule has 1 fully saturated rings. The molecular weight excluding hydrogens is 542 g/mol. The van der Waals surface area contributed by atoms with Crippen molar-refractivity contribution in [3.63, 3.8) is 0 Å². The highest BCUT2D eigenvalue weighted by atomic mass is 16.3. The number of β-lactam (4-membered cyclic amide) rings is 1. The van der Waals surface area contributed by atoms with Crippen molar-refractivity contribution in [2.45, 2.75) is 44.4 Å². The van der Waals surface area contributed by atoms with E-state index in [-0.39, 0.29) is 24.3 Å². The largest absolute Gasteiger partial charge is 0.395 e. The summed E-state index contributed by atoms with van der Waals surface area (Å²) in [5.41, 5.74) is 2.71. The van der Waals surface area contributed by atoms with Crippen LogP contribution in [0.3, 0.4) is 0 Å². The predicted molar refractivity (Wildman–Crippen MR) is 163 cm³/mol. The average molecular weight is 578 g/mol. The zero-order valence-electron chi connectivity index (χ0n) is 24.1. The molecule has 2 aliphatic heterocycles. The fourth-order valence-electron chi connectivity index (χ4n) is 5.90. The van der Waals surface area contributed by atoms with Crippen LogP contribution in [0.2, 0.25) is 0 Å². The summed E-state index contributed by atoms with van der Waals surface area (Å²) >= 11 is 0. The number of hydrogen-bond donors (Lipinski definition) is 2. The Morgan fingerprint density at radius 3 is 2.44 bits per heavy atom. The molecular formula is C34H35N5O4. The standard InChI is InChI=1S/C34H35N5O4/c1-24(10-8-9-18-37-22-30(35-36-37)28(23-40)26-13-6-3-7-14-26)34(43)29-20-27(38-19-17-32(38)41)15-16-31(29)39(33(34)42)21-25-11-4-2-5-12-25/h2-8,10-16,20,22,24,28,40,43H,9,17-19,21,23H2,1H3/b10-8+/t24-,28?,34+/m1/s1. The summed E-state index contributed by atoms with van der Waals surface area (Å²) in [5.74, 6) is -1.13. The van der Waals surface area contributed by atoms with Crippen molar-refractivity contribution in [1.29, 1.82) is 0 Å². The van der Waals surface area contributed by atoms with E-state index in [1.807, 2.05) is 98.1 Å². The molecule has 0 spiro atoms. The van der Waals surface area contributed by atoms with Gasteiger partial charge in [-0.25, -0.2) is 0 Å². The molecule has 0 aliphatic carbocycles. The summed E-state index contributed by atoms with van der Waals surface area (Å²) in [7, 11) is 0. The second-order valence-corrected chi connectivity index (χ2v) is 11.2. The minimum absolute atomic E-state index is 0.0345. The highest BCUT2D eigenvalue weighted by molar-refractivity contribution is 6.08. The number of benzene rings is 3. The van der Waals surface area contributed by atoms with Gasteiger partial charge in [0.05, 0.1) is 30.5 Å². The number of carbonyl (C=O) groups is 2. The highest BCUT2D eigenvalue weighted by Gasteiger charge is 2.52. The monoisotopic (exact) mass is 577 g/mol. The van der Waals surface area contributed by atoms with Gasteiger partial charge in [-0.3, -0.25) is 14.3 Å². The van der Waals surface area contributed by atoms with Gasteiger partial charge in [0, 0.05) is 42.9 Å². The number of aliphatic hydroxyl groups excluding tert-OH is 1. The van der Waals surface area contributed by atoms with Crippen LogP contribution in [-0.2, 0) is 28.3 Å². The number of allylic oxidation sites excluding steroid dienone is 1. The number of aryl methyl sites for hydroxylation is 1. The molecule has 1 aromatic heterocycles. The fraction of sp³-hybridized carbons (Fsp3) is 0.294. The third-order valence-corrected chi connectivity index (χ3v) is 8.50. The number of anilines is 2. The van der Waals surface area contributed by atoms with Gasteiger partial charge in [-0.1, -0.05) is 85.0 Å². The van der Waals surface area contributed by atoms with Crippen LogP contribution in [0, 0.1) is 5.92 Å².